The number of unbranched alkanes of at least 4 members (excludes halogenated alkanes) is 2. The quantitative estimate of drug-likeness (QED) is 0.487. The van der Waals surface area contributed by atoms with Crippen LogP contribution in [0.1, 0.15) is 26.2 Å². The molecule has 0 heterocycles. The van der Waals surface area contributed by atoms with Crippen LogP contribution >= 0.6 is 19.7 Å². The molecule has 0 saturated carbocycles. The predicted molar refractivity (Wildman–Crippen MR) is 61.2 cm³/mol. The maximum atomic E-state index is 11.1. The molecule has 1 unspecified atom stereocenters. The summed E-state index contributed by atoms with van der Waals surface area (Å²) in [7, 11) is -4.55. The van der Waals surface area contributed by atoms with Gasteiger partial charge in [-0.25, -0.2) is 9.36 Å². The van der Waals surface area contributed by atoms with Gasteiger partial charge in [-0.1, -0.05) is 19.8 Å². The van der Waals surface area contributed by atoms with Crippen molar-refractivity contribution < 1.29 is 27.6 Å². The van der Waals surface area contributed by atoms with Crippen LogP contribution in [0.4, 0.5) is 0 Å². The first kappa shape index (κ1) is 16.8. The maximum absolute atomic E-state index is 11.1. The Morgan fingerprint density at radius 2 is 2.18 bits per heavy atom. The fourth-order valence-corrected chi connectivity index (χ4v) is 1.40. The van der Waals surface area contributed by atoms with E-state index in [0.717, 1.165) is 19.3 Å². The number of carbonyl (C=O) groups is 1. The molecule has 102 valence electrons. The lowest BCUT2D eigenvalue weighted by atomic mass is 10.3. The van der Waals surface area contributed by atoms with E-state index < -0.39 is 19.8 Å². The number of phosphoric acid groups is 1. The summed E-state index contributed by atoms with van der Waals surface area (Å²) >= 11 is 4.64. The zero-order chi connectivity index (χ0) is 13.3. The van der Waals surface area contributed by atoms with Gasteiger partial charge >= 0.3 is 13.8 Å². The largest absolute Gasteiger partial charge is 0.546 e. The number of carbonyl (C=O) groups excluding carboxylic acids is 1. The maximum Gasteiger partial charge on any atom is 0.546 e. The van der Waals surface area contributed by atoms with Gasteiger partial charge in [-0.05, 0) is 6.42 Å². The first-order valence-electron chi connectivity index (χ1n) is 5.12. The highest BCUT2D eigenvalue weighted by Gasteiger charge is 2.29. The molecule has 0 aliphatic rings. The topological polar surface area (TPSA) is 108 Å². The van der Waals surface area contributed by atoms with Crippen LogP contribution < -0.4 is 5.73 Å². The van der Waals surface area contributed by atoms with E-state index in [9.17, 15) is 9.36 Å². The lowest BCUT2D eigenvalue weighted by Crippen LogP contribution is -2.36. The second-order valence-corrected chi connectivity index (χ2v) is 5.01. The summed E-state index contributed by atoms with van der Waals surface area (Å²) in [5.74, 6) is -1.10. The zero-order valence-electron chi connectivity index (χ0n) is 9.50. The fourth-order valence-electron chi connectivity index (χ4n) is 0.928. The van der Waals surface area contributed by atoms with Crippen molar-refractivity contribution in [3.63, 3.8) is 0 Å². The molecule has 0 aliphatic carbocycles. The summed E-state index contributed by atoms with van der Waals surface area (Å²) in [4.78, 5) is 19.9. The highest BCUT2D eigenvalue weighted by molar-refractivity contribution is 7.49. The summed E-state index contributed by atoms with van der Waals surface area (Å²) < 4.78 is 23.5. The lowest BCUT2D eigenvalue weighted by Gasteiger charge is -2.12. The van der Waals surface area contributed by atoms with Crippen LogP contribution in [0.3, 0.4) is 0 Å². The minimum atomic E-state index is -4.55. The van der Waals surface area contributed by atoms with E-state index in [4.69, 9.17) is 15.4 Å². The van der Waals surface area contributed by atoms with E-state index in [0.29, 0.717) is 6.61 Å². The fraction of sp³-hybridized carbons (Fsp3) is 0.875. The lowest BCUT2D eigenvalue weighted by molar-refractivity contribution is -0.138. The van der Waals surface area contributed by atoms with Crippen molar-refractivity contribution in [2.45, 2.75) is 32.2 Å². The van der Waals surface area contributed by atoms with E-state index in [2.05, 4.69) is 20.5 Å². The van der Waals surface area contributed by atoms with Gasteiger partial charge < -0.3 is 15.0 Å². The molecule has 0 aromatic heterocycles. The molecule has 17 heavy (non-hydrogen) atoms. The molecular weight excluding hydrogens is 273 g/mol. The standard InChI is InChI=1S/C8H17ClNO6P/c1-2-3-4-5-14-6-7(10)8(11)15-17(12,13)16-9/h7H,2-6,10H2,1H3,(H,12,13)/t7-/m0/s1. The summed E-state index contributed by atoms with van der Waals surface area (Å²) in [6, 6.07) is -1.15. The summed E-state index contributed by atoms with van der Waals surface area (Å²) in [6.45, 7) is 2.43. The van der Waals surface area contributed by atoms with E-state index in [-0.39, 0.29) is 6.61 Å². The van der Waals surface area contributed by atoms with Gasteiger partial charge in [-0.3, -0.25) is 4.89 Å². The summed E-state index contributed by atoms with van der Waals surface area (Å²) in [5.41, 5.74) is 5.36. The Labute approximate surface area is 105 Å². The Bertz CT molecular complexity index is 277. The van der Waals surface area contributed by atoms with Crippen LogP contribution in [0.5, 0.6) is 0 Å². The van der Waals surface area contributed by atoms with Crippen molar-refractivity contribution >= 4 is 25.7 Å². The molecular formula is C8H17ClNO6P. The molecule has 0 radical (unpaired) electrons. The molecule has 0 amide bonds. The summed E-state index contributed by atoms with van der Waals surface area (Å²) in [5, 5.41) is 0. The predicted octanol–water partition coefficient (Wildman–Crippen LogP) is 1.33. The molecule has 0 aromatic carbocycles. The Morgan fingerprint density at radius 1 is 1.53 bits per heavy atom. The van der Waals surface area contributed by atoms with Crippen LogP contribution in [-0.2, 0) is 22.7 Å². The molecule has 0 aliphatic heterocycles. The van der Waals surface area contributed by atoms with Gasteiger partial charge in [-0.2, -0.15) is 4.08 Å². The average Bonchev–Trinajstić information content (AvgIpc) is 2.28. The molecule has 9 heteroatoms. The summed E-state index contributed by atoms with van der Waals surface area (Å²) in [6.07, 6.45) is 2.94. The first-order chi connectivity index (χ1) is 7.93. The third kappa shape index (κ3) is 8.54. The number of phosphoric ester groups is 1. The van der Waals surface area contributed by atoms with Crippen molar-refractivity contribution in [3.05, 3.63) is 0 Å². The van der Waals surface area contributed by atoms with Gasteiger partial charge in [0.15, 0.2) is 0 Å². The number of hydrogen-bond acceptors (Lipinski definition) is 6. The third-order valence-corrected chi connectivity index (χ3v) is 2.89. The van der Waals surface area contributed by atoms with Crippen molar-refractivity contribution in [2.24, 2.45) is 5.73 Å². The number of rotatable bonds is 9. The van der Waals surface area contributed by atoms with E-state index in [1.54, 1.807) is 0 Å². The third-order valence-electron chi connectivity index (χ3n) is 1.78. The van der Waals surface area contributed by atoms with E-state index >= 15 is 0 Å². The van der Waals surface area contributed by atoms with Crippen molar-refractivity contribution in [1.82, 2.24) is 0 Å². The van der Waals surface area contributed by atoms with Crippen LogP contribution in [0.2, 0.25) is 0 Å². The van der Waals surface area contributed by atoms with Gasteiger partial charge in [0, 0.05) is 6.61 Å². The van der Waals surface area contributed by atoms with Gasteiger partial charge in [0.05, 0.1) is 18.5 Å². The highest BCUT2D eigenvalue weighted by atomic mass is 35.5. The molecule has 0 rings (SSSR count). The van der Waals surface area contributed by atoms with Gasteiger partial charge in [0.1, 0.15) is 6.04 Å². The van der Waals surface area contributed by atoms with Crippen molar-refractivity contribution in [2.75, 3.05) is 13.2 Å². The minimum absolute atomic E-state index is 0.0924. The second kappa shape index (κ2) is 8.85. The second-order valence-electron chi connectivity index (χ2n) is 3.34. The van der Waals surface area contributed by atoms with Gasteiger partial charge in [0.2, 0.25) is 0 Å². The minimum Gasteiger partial charge on any atom is -0.379 e. The van der Waals surface area contributed by atoms with E-state index in [1.165, 1.54) is 0 Å². The Kier molecular flexibility index (Phi) is 8.77. The highest BCUT2D eigenvalue weighted by Crippen LogP contribution is 2.44. The molecule has 0 bridgehead atoms. The smallest absolute Gasteiger partial charge is 0.379 e. The normalized spacial score (nSPS) is 16.2. The number of ether oxygens (including phenoxy) is 1. The Hall–Kier alpha value is -0.170. The van der Waals surface area contributed by atoms with Crippen LogP contribution in [0, 0.1) is 0 Å². The molecule has 7 nitrogen and oxygen atoms in total. The molecule has 0 aromatic rings. The van der Waals surface area contributed by atoms with Crippen LogP contribution in [0.15, 0.2) is 0 Å². The Balaban J connectivity index is 3.79. The average molecular weight is 290 g/mol. The van der Waals surface area contributed by atoms with Gasteiger partial charge in [-0.15, -0.1) is 0 Å². The number of halogens is 1. The zero-order valence-corrected chi connectivity index (χ0v) is 11.2. The molecule has 0 fully saturated rings. The SMILES string of the molecule is CCCCCOC[C@H](N)C(=O)OP(=O)(O)OCl. The number of nitrogens with two attached hydrogens (primary N) is 1. The molecule has 2 atom stereocenters. The molecule has 0 spiro atoms. The van der Waals surface area contributed by atoms with Crippen molar-refractivity contribution in [3.8, 4) is 0 Å². The van der Waals surface area contributed by atoms with Crippen LogP contribution in [0.25, 0.3) is 0 Å². The molecule has 3 N–H and O–H groups in total. The van der Waals surface area contributed by atoms with E-state index in [1.807, 2.05) is 6.92 Å². The van der Waals surface area contributed by atoms with Crippen molar-refractivity contribution in [1.29, 1.82) is 0 Å². The Morgan fingerprint density at radius 3 is 2.71 bits per heavy atom. The molecule has 0 saturated heterocycles. The first-order valence-corrected chi connectivity index (χ1v) is 6.93. The van der Waals surface area contributed by atoms with Crippen LogP contribution in [-0.4, -0.2) is 30.1 Å². The van der Waals surface area contributed by atoms with Gasteiger partial charge in [0.25, 0.3) is 0 Å². The monoisotopic (exact) mass is 289 g/mol. The number of hydrogen-bond donors (Lipinski definition) is 2.